The van der Waals surface area contributed by atoms with Crippen LogP contribution in [-0.4, -0.2) is 35.5 Å². The van der Waals surface area contributed by atoms with Crippen molar-refractivity contribution < 1.29 is 24.4 Å². The molecule has 0 bridgehead atoms. The minimum atomic E-state index is -1.31. The number of carbonyl (C=O) groups is 2. The van der Waals surface area contributed by atoms with Gasteiger partial charge in [-0.2, -0.15) is 0 Å². The number of ether oxygens (including phenoxy) is 1. The molecule has 0 amide bonds. The highest BCUT2D eigenvalue weighted by atomic mass is 16.6. The molecule has 1 rings (SSSR count). The van der Waals surface area contributed by atoms with Gasteiger partial charge >= 0.3 is 5.97 Å². The van der Waals surface area contributed by atoms with E-state index in [0.717, 1.165) is 0 Å². The van der Waals surface area contributed by atoms with Crippen molar-refractivity contribution in [2.75, 3.05) is 13.7 Å². The average molecular weight is 307 g/mol. The van der Waals surface area contributed by atoms with E-state index in [1.807, 2.05) is 0 Å². The van der Waals surface area contributed by atoms with Crippen molar-refractivity contribution in [2.45, 2.75) is 19.3 Å². The number of methoxy groups -OCH3 is 1. The number of benzene rings is 1. The van der Waals surface area contributed by atoms with E-state index in [0.29, 0.717) is 25.0 Å². The predicted octanol–water partition coefficient (Wildman–Crippen LogP) is 2.45. The van der Waals surface area contributed by atoms with Crippen molar-refractivity contribution in [2.24, 2.45) is 0 Å². The molecule has 0 atom stereocenters. The Balaban J connectivity index is 2.83. The van der Waals surface area contributed by atoms with Crippen molar-refractivity contribution in [3.05, 3.63) is 45.5 Å². The van der Waals surface area contributed by atoms with Crippen LogP contribution in [0.4, 0.5) is 5.69 Å². The normalized spacial score (nSPS) is 11.2. The smallest absolute Gasteiger partial charge is 0.339 e. The number of nitro benzene ring substituents is 1. The van der Waals surface area contributed by atoms with Crippen LogP contribution in [0.25, 0.3) is 6.08 Å². The lowest BCUT2D eigenvalue weighted by atomic mass is 10.0. The lowest BCUT2D eigenvalue weighted by molar-refractivity contribution is -0.384. The molecule has 0 unspecified atom stereocenters. The molecule has 118 valence electrons. The zero-order chi connectivity index (χ0) is 16.5. The molecule has 7 heteroatoms. The third-order valence-corrected chi connectivity index (χ3v) is 2.95. The fourth-order valence-corrected chi connectivity index (χ4v) is 1.79. The number of ketones is 1. The van der Waals surface area contributed by atoms with Gasteiger partial charge in [0.1, 0.15) is 5.57 Å². The summed E-state index contributed by atoms with van der Waals surface area (Å²) in [6.45, 7) is 0.516. The number of non-ortho nitro benzene ring substituents is 1. The molecule has 7 nitrogen and oxygen atoms in total. The Morgan fingerprint density at radius 1 is 1.27 bits per heavy atom. The van der Waals surface area contributed by atoms with Crippen LogP contribution in [0.1, 0.15) is 24.8 Å². The van der Waals surface area contributed by atoms with E-state index in [9.17, 15) is 19.7 Å². The highest BCUT2D eigenvalue weighted by Gasteiger charge is 2.17. The number of nitrogens with zero attached hydrogens (tertiary/aromatic N) is 1. The Morgan fingerprint density at radius 2 is 1.91 bits per heavy atom. The summed E-state index contributed by atoms with van der Waals surface area (Å²) in [4.78, 5) is 33.1. The molecule has 0 spiro atoms. The van der Waals surface area contributed by atoms with Gasteiger partial charge in [0, 0.05) is 32.3 Å². The number of aliphatic carboxylic acids is 1. The number of carboxylic acids is 1. The van der Waals surface area contributed by atoms with Gasteiger partial charge in [0.05, 0.1) is 4.92 Å². The SMILES string of the molecule is COCCCCC(=O)C(=Cc1ccc([N+](=O)[O-])cc1)C(=O)O. The minimum absolute atomic E-state index is 0.0973. The number of rotatable bonds is 9. The predicted molar refractivity (Wildman–Crippen MR) is 79.4 cm³/mol. The van der Waals surface area contributed by atoms with Gasteiger partial charge in [-0.25, -0.2) is 4.79 Å². The number of carbonyl (C=O) groups excluding carboxylic acids is 1. The van der Waals surface area contributed by atoms with Crippen molar-refractivity contribution in [3.8, 4) is 0 Å². The molecule has 0 fully saturated rings. The Morgan fingerprint density at radius 3 is 2.41 bits per heavy atom. The zero-order valence-corrected chi connectivity index (χ0v) is 12.2. The number of hydrogen-bond donors (Lipinski definition) is 1. The Bertz CT molecular complexity index is 576. The second-order valence-electron chi connectivity index (χ2n) is 4.58. The van der Waals surface area contributed by atoms with Crippen LogP contribution in [-0.2, 0) is 14.3 Å². The van der Waals surface area contributed by atoms with Gasteiger partial charge in [0.25, 0.3) is 5.69 Å². The van der Waals surface area contributed by atoms with E-state index in [2.05, 4.69) is 0 Å². The number of hydrogen-bond acceptors (Lipinski definition) is 5. The first-order chi connectivity index (χ1) is 10.5. The van der Waals surface area contributed by atoms with Crippen LogP contribution in [0.15, 0.2) is 29.8 Å². The molecule has 0 aliphatic heterocycles. The van der Waals surface area contributed by atoms with Crippen LogP contribution in [0, 0.1) is 10.1 Å². The Kier molecular flexibility index (Phi) is 6.91. The molecular weight excluding hydrogens is 290 g/mol. The Labute approximate surface area is 127 Å². The number of carboxylic acid groups (broad SMARTS) is 1. The van der Waals surface area contributed by atoms with Gasteiger partial charge in [0.2, 0.25) is 0 Å². The van der Waals surface area contributed by atoms with Crippen LogP contribution in [0.5, 0.6) is 0 Å². The monoisotopic (exact) mass is 307 g/mol. The van der Waals surface area contributed by atoms with Crippen molar-refractivity contribution in [1.82, 2.24) is 0 Å². The van der Waals surface area contributed by atoms with E-state index in [4.69, 9.17) is 9.84 Å². The summed E-state index contributed by atoms with van der Waals surface area (Å²) in [6.07, 6.45) is 2.56. The van der Waals surface area contributed by atoms with Gasteiger partial charge in [0.15, 0.2) is 5.78 Å². The van der Waals surface area contributed by atoms with Crippen molar-refractivity contribution in [3.63, 3.8) is 0 Å². The average Bonchev–Trinajstić information content (AvgIpc) is 2.49. The molecule has 1 N–H and O–H groups in total. The summed E-state index contributed by atoms with van der Waals surface area (Å²) >= 11 is 0. The summed E-state index contributed by atoms with van der Waals surface area (Å²) < 4.78 is 4.86. The molecule has 1 aromatic rings. The molecule has 0 aliphatic carbocycles. The lowest BCUT2D eigenvalue weighted by Crippen LogP contribution is -2.12. The van der Waals surface area contributed by atoms with Gasteiger partial charge < -0.3 is 9.84 Å². The molecule has 0 saturated heterocycles. The first-order valence-corrected chi connectivity index (χ1v) is 6.67. The standard InChI is InChI=1S/C15H17NO6/c1-22-9-3-2-4-14(17)13(15(18)19)10-11-5-7-12(8-6-11)16(20)21/h5-8,10H,2-4,9H2,1H3,(H,18,19). The largest absolute Gasteiger partial charge is 0.478 e. The van der Waals surface area contributed by atoms with Crippen LogP contribution >= 0.6 is 0 Å². The summed E-state index contributed by atoms with van der Waals surface area (Å²) in [5.74, 6) is -1.78. The topological polar surface area (TPSA) is 107 Å². The molecule has 0 aliphatic rings. The lowest BCUT2D eigenvalue weighted by Gasteiger charge is -2.03. The second-order valence-corrected chi connectivity index (χ2v) is 4.58. The maximum Gasteiger partial charge on any atom is 0.339 e. The van der Waals surface area contributed by atoms with Gasteiger partial charge in [-0.3, -0.25) is 14.9 Å². The van der Waals surface area contributed by atoms with Gasteiger partial charge in [-0.15, -0.1) is 0 Å². The van der Waals surface area contributed by atoms with Crippen LogP contribution < -0.4 is 0 Å². The van der Waals surface area contributed by atoms with E-state index in [1.165, 1.54) is 30.3 Å². The fourth-order valence-electron chi connectivity index (χ4n) is 1.79. The first kappa shape index (κ1) is 17.5. The summed E-state index contributed by atoms with van der Waals surface area (Å²) in [5.41, 5.74) is -0.000529. The quantitative estimate of drug-likeness (QED) is 0.187. The molecular formula is C15H17NO6. The van der Waals surface area contributed by atoms with E-state index >= 15 is 0 Å². The number of Topliss-reactive ketones (excluding diaryl/α,β-unsaturated/α-hetero) is 1. The molecule has 22 heavy (non-hydrogen) atoms. The third-order valence-electron chi connectivity index (χ3n) is 2.95. The van der Waals surface area contributed by atoms with E-state index in [1.54, 1.807) is 7.11 Å². The summed E-state index contributed by atoms with van der Waals surface area (Å²) in [6, 6.07) is 5.32. The Hall–Kier alpha value is -2.54. The van der Waals surface area contributed by atoms with Gasteiger partial charge in [-0.1, -0.05) is 0 Å². The van der Waals surface area contributed by atoms with Gasteiger partial charge in [-0.05, 0) is 36.6 Å². The van der Waals surface area contributed by atoms with E-state index < -0.39 is 16.7 Å². The van der Waals surface area contributed by atoms with Crippen LogP contribution in [0.3, 0.4) is 0 Å². The number of nitro groups is 1. The maximum absolute atomic E-state index is 11.9. The minimum Gasteiger partial charge on any atom is -0.478 e. The molecule has 0 heterocycles. The third kappa shape index (κ3) is 5.45. The van der Waals surface area contributed by atoms with Crippen molar-refractivity contribution in [1.29, 1.82) is 0 Å². The zero-order valence-electron chi connectivity index (χ0n) is 12.2. The molecule has 1 aromatic carbocycles. The number of unbranched alkanes of at least 4 members (excludes halogenated alkanes) is 1. The highest BCUT2D eigenvalue weighted by Crippen LogP contribution is 2.16. The second kappa shape index (κ2) is 8.68. The highest BCUT2D eigenvalue weighted by molar-refractivity contribution is 6.19. The first-order valence-electron chi connectivity index (χ1n) is 6.67. The fraction of sp³-hybridized carbons (Fsp3) is 0.333. The molecule has 0 aromatic heterocycles. The molecule has 0 radical (unpaired) electrons. The summed E-state index contributed by atoms with van der Waals surface area (Å²) in [5, 5.41) is 19.7. The maximum atomic E-state index is 11.9. The van der Waals surface area contributed by atoms with Crippen molar-refractivity contribution >= 4 is 23.5 Å². The molecule has 0 saturated carbocycles. The van der Waals surface area contributed by atoms with Crippen LogP contribution in [0.2, 0.25) is 0 Å². The van der Waals surface area contributed by atoms with E-state index in [-0.39, 0.29) is 17.7 Å². The summed E-state index contributed by atoms with van der Waals surface area (Å²) in [7, 11) is 1.55.